The van der Waals surface area contributed by atoms with Crippen molar-refractivity contribution in [2.45, 2.75) is 46.5 Å². The van der Waals surface area contributed by atoms with Crippen LogP contribution in [0.3, 0.4) is 0 Å². The van der Waals surface area contributed by atoms with Crippen molar-refractivity contribution < 1.29 is 9.21 Å². The summed E-state index contributed by atoms with van der Waals surface area (Å²) in [6.45, 7) is 8.85. The summed E-state index contributed by atoms with van der Waals surface area (Å²) in [5.41, 5.74) is 3.24. The van der Waals surface area contributed by atoms with Crippen LogP contribution in [0.5, 0.6) is 0 Å². The number of aryl methyl sites for hydroxylation is 1. The van der Waals surface area contributed by atoms with E-state index in [4.69, 9.17) is 4.42 Å². The normalized spacial score (nSPS) is 11.2. The topological polar surface area (TPSA) is 77.1 Å². The SMILES string of the molecule is CCCCN(C)C(=O)c1ccc(-n2nc(-c3nnc(C)o3)cc2C(C)C)cc1. The lowest BCUT2D eigenvalue weighted by atomic mass is 10.1. The van der Waals surface area contributed by atoms with E-state index in [1.807, 2.05) is 42.1 Å². The summed E-state index contributed by atoms with van der Waals surface area (Å²) in [6, 6.07) is 9.51. The summed E-state index contributed by atoms with van der Waals surface area (Å²) in [5, 5.41) is 12.6. The Kier molecular flexibility index (Phi) is 5.92. The van der Waals surface area contributed by atoms with Gasteiger partial charge in [0.05, 0.1) is 5.69 Å². The second-order valence-electron chi connectivity index (χ2n) is 7.27. The monoisotopic (exact) mass is 381 g/mol. The number of rotatable bonds is 7. The summed E-state index contributed by atoms with van der Waals surface area (Å²) in [4.78, 5) is 14.3. The number of carbonyl (C=O) groups excluding carboxylic acids is 1. The molecule has 0 aliphatic carbocycles. The van der Waals surface area contributed by atoms with Gasteiger partial charge >= 0.3 is 0 Å². The second kappa shape index (κ2) is 8.37. The molecular weight excluding hydrogens is 354 g/mol. The van der Waals surface area contributed by atoms with Crippen molar-refractivity contribution in [1.29, 1.82) is 0 Å². The van der Waals surface area contributed by atoms with Crippen molar-refractivity contribution in [3.05, 3.63) is 47.5 Å². The molecule has 0 bridgehead atoms. The van der Waals surface area contributed by atoms with Gasteiger partial charge in [-0.05, 0) is 42.7 Å². The van der Waals surface area contributed by atoms with Crippen molar-refractivity contribution in [3.63, 3.8) is 0 Å². The van der Waals surface area contributed by atoms with Gasteiger partial charge in [0.25, 0.3) is 11.8 Å². The van der Waals surface area contributed by atoms with Crippen LogP contribution >= 0.6 is 0 Å². The number of aromatic nitrogens is 4. The number of unbranched alkanes of at least 4 members (excludes halogenated alkanes) is 1. The molecule has 0 aliphatic heterocycles. The van der Waals surface area contributed by atoms with Gasteiger partial charge in [-0.2, -0.15) is 5.10 Å². The Balaban J connectivity index is 1.89. The zero-order chi connectivity index (χ0) is 20.3. The largest absolute Gasteiger partial charge is 0.420 e. The average Bonchev–Trinajstić information content (AvgIpc) is 3.32. The Bertz CT molecular complexity index is 940. The maximum absolute atomic E-state index is 12.5. The minimum atomic E-state index is 0.0339. The first-order valence-corrected chi connectivity index (χ1v) is 9.67. The molecule has 2 aromatic heterocycles. The standard InChI is InChI=1S/C21H27N5O2/c1-6-7-12-25(5)21(27)16-8-10-17(11-9-16)26-19(14(2)3)13-18(24-26)20-23-22-15(4)28-20/h8-11,13-14H,6-7,12H2,1-5H3. The lowest BCUT2D eigenvalue weighted by molar-refractivity contribution is 0.0793. The molecule has 0 radical (unpaired) electrons. The predicted molar refractivity (Wildman–Crippen MR) is 108 cm³/mol. The Morgan fingerprint density at radius 2 is 1.93 bits per heavy atom. The summed E-state index contributed by atoms with van der Waals surface area (Å²) in [5.74, 6) is 1.20. The van der Waals surface area contributed by atoms with Crippen LogP contribution in [0.1, 0.15) is 61.5 Å². The van der Waals surface area contributed by atoms with E-state index in [9.17, 15) is 4.79 Å². The molecule has 148 valence electrons. The minimum Gasteiger partial charge on any atom is -0.420 e. The molecule has 0 unspecified atom stereocenters. The van der Waals surface area contributed by atoms with E-state index >= 15 is 0 Å². The van der Waals surface area contributed by atoms with Crippen LogP contribution < -0.4 is 0 Å². The van der Waals surface area contributed by atoms with E-state index in [0.29, 0.717) is 23.0 Å². The lowest BCUT2D eigenvalue weighted by Crippen LogP contribution is -2.27. The molecule has 7 heteroatoms. The van der Waals surface area contributed by atoms with Crippen LogP contribution in [0.2, 0.25) is 0 Å². The molecule has 0 aliphatic rings. The Morgan fingerprint density at radius 1 is 1.21 bits per heavy atom. The minimum absolute atomic E-state index is 0.0339. The molecule has 0 N–H and O–H groups in total. The van der Waals surface area contributed by atoms with Crippen LogP contribution in [0, 0.1) is 6.92 Å². The van der Waals surface area contributed by atoms with Crippen molar-refractivity contribution >= 4 is 5.91 Å². The highest BCUT2D eigenvalue weighted by molar-refractivity contribution is 5.94. The average molecular weight is 381 g/mol. The fourth-order valence-electron chi connectivity index (χ4n) is 2.98. The molecule has 0 atom stereocenters. The van der Waals surface area contributed by atoms with E-state index in [1.165, 1.54) is 0 Å². The van der Waals surface area contributed by atoms with Crippen molar-refractivity contribution in [2.75, 3.05) is 13.6 Å². The first-order valence-electron chi connectivity index (χ1n) is 9.67. The quantitative estimate of drug-likeness (QED) is 0.612. The van der Waals surface area contributed by atoms with E-state index in [-0.39, 0.29) is 11.8 Å². The molecule has 3 aromatic rings. The number of hydrogen-bond acceptors (Lipinski definition) is 5. The molecule has 1 amide bonds. The molecule has 7 nitrogen and oxygen atoms in total. The highest BCUT2D eigenvalue weighted by atomic mass is 16.4. The van der Waals surface area contributed by atoms with Crippen LogP contribution in [0.15, 0.2) is 34.7 Å². The van der Waals surface area contributed by atoms with Crippen molar-refractivity contribution in [3.8, 4) is 17.3 Å². The summed E-state index contributed by atoms with van der Waals surface area (Å²) in [7, 11) is 1.84. The summed E-state index contributed by atoms with van der Waals surface area (Å²) in [6.07, 6.45) is 2.07. The molecule has 1 aromatic carbocycles. The van der Waals surface area contributed by atoms with Gasteiger partial charge in [0, 0.05) is 31.8 Å². The van der Waals surface area contributed by atoms with E-state index in [1.54, 1.807) is 11.8 Å². The van der Waals surface area contributed by atoms with E-state index in [0.717, 1.165) is 30.8 Å². The van der Waals surface area contributed by atoms with Gasteiger partial charge in [0.2, 0.25) is 5.89 Å². The van der Waals surface area contributed by atoms with Gasteiger partial charge in [0.15, 0.2) is 0 Å². The third kappa shape index (κ3) is 4.13. The van der Waals surface area contributed by atoms with Gasteiger partial charge < -0.3 is 9.32 Å². The molecule has 0 fully saturated rings. The maximum Gasteiger partial charge on any atom is 0.268 e. The van der Waals surface area contributed by atoms with Crippen molar-refractivity contribution in [2.24, 2.45) is 0 Å². The highest BCUT2D eigenvalue weighted by Crippen LogP contribution is 2.25. The van der Waals surface area contributed by atoms with Gasteiger partial charge in [-0.3, -0.25) is 4.79 Å². The third-order valence-electron chi connectivity index (χ3n) is 4.63. The molecule has 3 rings (SSSR count). The zero-order valence-corrected chi connectivity index (χ0v) is 17.1. The molecule has 0 saturated carbocycles. The molecule has 2 heterocycles. The molecule has 0 saturated heterocycles. The molecule has 28 heavy (non-hydrogen) atoms. The smallest absolute Gasteiger partial charge is 0.268 e. The number of carbonyl (C=O) groups is 1. The van der Waals surface area contributed by atoms with Crippen LogP contribution in [-0.2, 0) is 0 Å². The Hall–Kier alpha value is -2.96. The van der Waals surface area contributed by atoms with E-state index < -0.39 is 0 Å². The fraction of sp³-hybridized carbons (Fsp3) is 0.429. The first-order chi connectivity index (χ1) is 13.4. The van der Waals surface area contributed by atoms with E-state index in [2.05, 4.69) is 36.1 Å². The predicted octanol–water partition coefficient (Wildman–Crippen LogP) is 4.23. The van der Waals surface area contributed by atoms with Crippen LogP contribution in [-0.4, -0.2) is 44.4 Å². The third-order valence-corrected chi connectivity index (χ3v) is 4.63. The Morgan fingerprint density at radius 3 is 2.50 bits per heavy atom. The summed E-state index contributed by atoms with van der Waals surface area (Å²) < 4.78 is 7.38. The molecular formula is C21H27N5O2. The fourth-order valence-corrected chi connectivity index (χ4v) is 2.98. The zero-order valence-electron chi connectivity index (χ0n) is 17.1. The number of benzene rings is 1. The first kappa shape index (κ1) is 19.8. The van der Waals surface area contributed by atoms with Gasteiger partial charge in [-0.1, -0.05) is 27.2 Å². The van der Waals surface area contributed by atoms with Gasteiger partial charge in [-0.25, -0.2) is 4.68 Å². The second-order valence-corrected chi connectivity index (χ2v) is 7.27. The summed E-state index contributed by atoms with van der Waals surface area (Å²) >= 11 is 0. The lowest BCUT2D eigenvalue weighted by Gasteiger charge is -2.17. The Labute approximate surface area is 165 Å². The number of hydrogen-bond donors (Lipinski definition) is 0. The number of amides is 1. The molecule has 0 spiro atoms. The van der Waals surface area contributed by atoms with Gasteiger partial charge in [0.1, 0.15) is 5.69 Å². The van der Waals surface area contributed by atoms with Crippen LogP contribution in [0.4, 0.5) is 0 Å². The van der Waals surface area contributed by atoms with Crippen molar-refractivity contribution in [1.82, 2.24) is 24.9 Å². The maximum atomic E-state index is 12.5. The van der Waals surface area contributed by atoms with Gasteiger partial charge in [-0.15, -0.1) is 10.2 Å². The van der Waals surface area contributed by atoms with Crippen LogP contribution in [0.25, 0.3) is 17.3 Å². The number of nitrogens with zero attached hydrogens (tertiary/aromatic N) is 5. The highest BCUT2D eigenvalue weighted by Gasteiger charge is 2.18.